The summed E-state index contributed by atoms with van der Waals surface area (Å²) in [5, 5.41) is 0. The summed E-state index contributed by atoms with van der Waals surface area (Å²) in [7, 11) is 1.57. The number of carbonyl (C=O) groups is 2. The van der Waals surface area contributed by atoms with Crippen molar-refractivity contribution >= 4 is 27.5 Å². The van der Waals surface area contributed by atoms with Gasteiger partial charge in [-0.05, 0) is 76.2 Å². The molecule has 0 radical (unpaired) electrons. The normalized spacial score (nSPS) is 22.2. The molecule has 7 heteroatoms. The summed E-state index contributed by atoms with van der Waals surface area (Å²) >= 11 is 3.70. The minimum atomic E-state index is -0.474. The molecule has 6 rings (SSSR count). The van der Waals surface area contributed by atoms with Gasteiger partial charge in [-0.15, -0.1) is 0 Å². The Morgan fingerprint density at radius 2 is 1.48 bits per heavy atom. The first-order valence-electron chi connectivity index (χ1n) is 15.9. The molecule has 234 valence electrons. The third-order valence-electron chi connectivity index (χ3n) is 9.81. The lowest BCUT2D eigenvalue weighted by Crippen LogP contribution is -2.48. The number of benzene rings is 2. The van der Waals surface area contributed by atoms with Gasteiger partial charge < -0.3 is 14.4 Å². The number of methoxy groups -OCH3 is 1. The Kier molecular flexibility index (Phi) is 8.32. The lowest BCUT2D eigenvalue weighted by Gasteiger charge is -2.52. The smallest absolute Gasteiger partial charge is 0.175 e. The molecule has 2 aromatic carbocycles. The van der Waals surface area contributed by atoms with Gasteiger partial charge in [-0.3, -0.25) is 9.59 Å². The van der Waals surface area contributed by atoms with E-state index in [0.717, 1.165) is 53.8 Å². The third kappa shape index (κ3) is 5.77. The fourth-order valence-corrected chi connectivity index (χ4v) is 8.50. The van der Waals surface area contributed by atoms with Crippen molar-refractivity contribution in [2.24, 2.45) is 10.8 Å². The summed E-state index contributed by atoms with van der Waals surface area (Å²) in [6, 6.07) is 10.7. The van der Waals surface area contributed by atoms with Gasteiger partial charge in [0.1, 0.15) is 12.4 Å². The largest absolute Gasteiger partial charge is 0.493 e. The number of ketones is 2. The number of carbonyl (C=O) groups excluding carboxylic acids is 2. The molecular formula is C37H43BrFNO4. The maximum absolute atomic E-state index is 14.3. The summed E-state index contributed by atoms with van der Waals surface area (Å²) in [4.78, 5) is 31.0. The second-order valence-corrected chi connectivity index (χ2v) is 15.5. The predicted molar refractivity (Wildman–Crippen MR) is 173 cm³/mol. The van der Waals surface area contributed by atoms with Crippen LogP contribution in [0.1, 0.15) is 103 Å². The average molecular weight is 665 g/mol. The van der Waals surface area contributed by atoms with Crippen LogP contribution in [0.2, 0.25) is 0 Å². The van der Waals surface area contributed by atoms with Gasteiger partial charge in [0.2, 0.25) is 0 Å². The van der Waals surface area contributed by atoms with Crippen LogP contribution >= 0.6 is 15.9 Å². The van der Waals surface area contributed by atoms with E-state index in [1.165, 1.54) is 25.3 Å². The molecule has 0 aromatic heterocycles. The number of nitrogens with zero attached hydrogens (tertiary/aromatic N) is 1. The quantitative estimate of drug-likeness (QED) is 0.308. The van der Waals surface area contributed by atoms with Crippen molar-refractivity contribution in [3.05, 3.63) is 80.4 Å². The van der Waals surface area contributed by atoms with Crippen molar-refractivity contribution in [2.75, 3.05) is 7.11 Å². The van der Waals surface area contributed by atoms with E-state index in [4.69, 9.17) is 9.47 Å². The zero-order valence-corrected chi connectivity index (χ0v) is 28.1. The van der Waals surface area contributed by atoms with Crippen LogP contribution in [0.25, 0.3) is 0 Å². The highest BCUT2D eigenvalue weighted by atomic mass is 79.9. The molecule has 44 heavy (non-hydrogen) atoms. The molecule has 0 saturated heterocycles. The second-order valence-electron chi connectivity index (χ2n) is 14.6. The number of hydrogen-bond donors (Lipinski definition) is 0. The van der Waals surface area contributed by atoms with E-state index in [0.29, 0.717) is 40.4 Å². The Hall–Kier alpha value is -2.93. The van der Waals surface area contributed by atoms with Crippen molar-refractivity contribution in [1.82, 2.24) is 4.90 Å². The molecule has 1 aliphatic heterocycles. The minimum Gasteiger partial charge on any atom is -0.493 e. The Bertz CT molecular complexity index is 1510. The number of halogens is 2. The van der Waals surface area contributed by atoms with Crippen molar-refractivity contribution in [3.8, 4) is 11.5 Å². The number of ether oxygens (including phenoxy) is 2. The monoisotopic (exact) mass is 663 g/mol. The fraction of sp³-hybridized carbons (Fsp3) is 0.514. The van der Waals surface area contributed by atoms with Gasteiger partial charge in [0.15, 0.2) is 23.1 Å². The summed E-state index contributed by atoms with van der Waals surface area (Å²) in [6.45, 7) is 8.77. The van der Waals surface area contributed by atoms with Crippen LogP contribution in [0.3, 0.4) is 0 Å². The van der Waals surface area contributed by atoms with Crippen LogP contribution < -0.4 is 9.47 Å². The van der Waals surface area contributed by atoms with Crippen LogP contribution in [0.5, 0.6) is 11.5 Å². The van der Waals surface area contributed by atoms with E-state index in [9.17, 15) is 14.0 Å². The highest BCUT2D eigenvalue weighted by Crippen LogP contribution is 2.56. The molecule has 0 amide bonds. The van der Waals surface area contributed by atoms with Crippen LogP contribution in [0, 0.1) is 16.6 Å². The molecule has 0 N–H and O–H groups in total. The van der Waals surface area contributed by atoms with Gasteiger partial charge in [0.05, 0.1) is 11.6 Å². The summed E-state index contributed by atoms with van der Waals surface area (Å²) in [6.07, 6.45) is 8.23. The first kappa shape index (κ1) is 31.1. The fourth-order valence-electron chi connectivity index (χ4n) is 7.92. The van der Waals surface area contributed by atoms with Crippen molar-refractivity contribution < 1.29 is 23.5 Å². The highest BCUT2D eigenvalue weighted by Gasteiger charge is 2.50. The Labute approximate surface area is 269 Å². The molecule has 1 heterocycles. The van der Waals surface area contributed by atoms with E-state index in [-0.39, 0.29) is 34.8 Å². The maximum Gasteiger partial charge on any atom is 0.175 e. The Balaban J connectivity index is 1.51. The van der Waals surface area contributed by atoms with E-state index >= 15 is 0 Å². The molecule has 0 atom stereocenters. The molecule has 0 unspecified atom stereocenters. The molecule has 0 bridgehead atoms. The van der Waals surface area contributed by atoms with E-state index < -0.39 is 5.92 Å². The SMILES string of the molecule is COc1cc(C2C3=C(CC(C)(C)CC3=O)N(C3CCCCC3)C3=C2C(=O)CC(C)(C)C3)cc(Br)c1OCc1ccccc1F. The molecule has 5 nitrogen and oxygen atoms in total. The first-order chi connectivity index (χ1) is 20.9. The molecule has 2 aromatic rings. The predicted octanol–water partition coefficient (Wildman–Crippen LogP) is 9.19. The summed E-state index contributed by atoms with van der Waals surface area (Å²) in [5.41, 5.74) is 4.72. The first-order valence-corrected chi connectivity index (χ1v) is 16.7. The molecule has 0 spiro atoms. The minimum absolute atomic E-state index is 0.0342. The van der Waals surface area contributed by atoms with Crippen molar-refractivity contribution in [1.29, 1.82) is 0 Å². The van der Waals surface area contributed by atoms with Crippen molar-refractivity contribution in [3.63, 3.8) is 0 Å². The van der Waals surface area contributed by atoms with Gasteiger partial charge in [-0.1, -0.05) is 65.2 Å². The van der Waals surface area contributed by atoms with E-state index in [2.05, 4.69) is 48.5 Å². The summed E-state index contributed by atoms with van der Waals surface area (Å²) in [5.74, 6) is 0.368. The van der Waals surface area contributed by atoms with Crippen LogP contribution in [0.4, 0.5) is 4.39 Å². The molecule has 1 saturated carbocycles. The lowest BCUT2D eigenvalue weighted by molar-refractivity contribution is -0.119. The topological polar surface area (TPSA) is 55.8 Å². The molecule has 3 aliphatic carbocycles. The number of rotatable bonds is 6. The average Bonchev–Trinajstić information content (AvgIpc) is 2.95. The van der Waals surface area contributed by atoms with Crippen molar-refractivity contribution in [2.45, 2.75) is 104 Å². The summed E-state index contributed by atoms with van der Waals surface area (Å²) < 4.78 is 26.9. The zero-order chi connectivity index (χ0) is 31.4. The maximum atomic E-state index is 14.3. The zero-order valence-electron chi connectivity index (χ0n) is 26.5. The van der Waals surface area contributed by atoms with Crippen LogP contribution in [0.15, 0.2) is 63.4 Å². The van der Waals surface area contributed by atoms with Gasteiger partial charge >= 0.3 is 0 Å². The third-order valence-corrected chi connectivity index (χ3v) is 10.4. The number of Topliss-reactive ketones (excluding diaryl/α,β-unsaturated/α-hetero) is 2. The molecule has 1 fully saturated rings. The standard InChI is InChI=1S/C37H43BrFNO4/c1-36(2)17-27-33(29(41)19-36)32(34-28(18-37(3,4)20-30(34)42)40(27)24-12-7-6-8-13-24)23-15-25(38)35(31(16-23)43-5)44-21-22-11-9-10-14-26(22)39/h9-11,14-16,24,32H,6-8,12-13,17-21H2,1-5H3. The van der Waals surface area contributed by atoms with Gasteiger partial charge in [0, 0.05) is 52.9 Å². The highest BCUT2D eigenvalue weighted by molar-refractivity contribution is 9.10. The van der Waals surface area contributed by atoms with Crippen LogP contribution in [-0.2, 0) is 16.2 Å². The van der Waals surface area contributed by atoms with E-state index in [1.54, 1.807) is 25.3 Å². The molecule has 4 aliphatic rings. The Morgan fingerprint density at radius 1 is 0.886 bits per heavy atom. The van der Waals surface area contributed by atoms with Gasteiger partial charge in [-0.25, -0.2) is 4.39 Å². The number of allylic oxidation sites excluding steroid dienone is 4. The molecular weight excluding hydrogens is 621 g/mol. The second kappa shape index (κ2) is 11.8. The van der Waals surface area contributed by atoms with Gasteiger partial charge in [-0.2, -0.15) is 0 Å². The Morgan fingerprint density at radius 3 is 2.05 bits per heavy atom. The lowest BCUT2D eigenvalue weighted by atomic mass is 9.63. The van der Waals surface area contributed by atoms with Crippen LogP contribution in [-0.4, -0.2) is 29.6 Å². The number of hydrogen-bond acceptors (Lipinski definition) is 5. The van der Waals surface area contributed by atoms with E-state index in [1.807, 2.05) is 12.1 Å². The van der Waals surface area contributed by atoms with Gasteiger partial charge in [0.25, 0.3) is 0 Å².